The van der Waals surface area contributed by atoms with Crippen molar-refractivity contribution in [2.24, 2.45) is 0 Å². The number of carbonyl (C=O) groups excluding carboxylic acids is 2. The standard InChI is InChI=1S/C15H19NO2/c1-4-10(3)16-15(18)12-8-13(17)11-7-5-6-9(2)14(11)12/h5-7,10,12H,4,8H2,1-3H3,(H,16,18). The van der Waals surface area contributed by atoms with Crippen LogP contribution in [0.25, 0.3) is 0 Å². The lowest BCUT2D eigenvalue weighted by Gasteiger charge is -2.17. The van der Waals surface area contributed by atoms with Crippen molar-refractivity contribution in [3.63, 3.8) is 0 Å². The molecule has 1 aliphatic rings. The summed E-state index contributed by atoms with van der Waals surface area (Å²) in [5.74, 6) is -0.244. The molecule has 1 aromatic carbocycles. The number of nitrogens with one attached hydrogen (secondary N) is 1. The summed E-state index contributed by atoms with van der Waals surface area (Å²) in [6.07, 6.45) is 1.20. The fourth-order valence-electron chi connectivity index (χ4n) is 2.45. The molecule has 0 aliphatic heterocycles. The lowest BCUT2D eigenvalue weighted by Crippen LogP contribution is -2.35. The average Bonchev–Trinajstić information content (AvgIpc) is 2.68. The van der Waals surface area contributed by atoms with Gasteiger partial charge in [0.15, 0.2) is 5.78 Å². The van der Waals surface area contributed by atoms with Crippen LogP contribution in [0.2, 0.25) is 0 Å². The zero-order valence-corrected chi connectivity index (χ0v) is 11.1. The van der Waals surface area contributed by atoms with Gasteiger partial charge in [0.1, 0.15) is 0 Å². The number of aryl methyl sites for hydroxylation is 1. The molecule has 0 spiro atoms. The van der Waals surface area contributed by atoms with Crippen LogP contribution in [0, 0.1) is 6.92 Å². The molecule has 0 aromatic heterocycles. The third-order valence-corrected chi connectivity index (χ3v) is 3.68. The summed E-state index contributed by atoms with van der Waals surface area (Å²) in [4.78, 5) is 24.1. The maximum Gasteiger partial charge on any atom is 0.228 e. The first-order valence-electron chi connectivity index (χ1n) is 6.47. The van der Waals surface area contributed by atoms with Crippen LogP contribution in [0.1, 0.15) is 54.1 Å². The summed E-state index contributed by atoms with van der Waals surface area (Å²) >= 11 is 0. The van der Waals surface area contributed by atoms with Gasteiger partial charge in [0.25, 0.3) is 0 Å². The molecule has 3 nitrogen and oxygen atoms in total. The molecule has 1 N–H and O–H groups in total. The molecule has 0 saturated heterocycles. The lowest BCUT2D eigenvalue weighted by molar-refractivity contribution is -0.123. The molecule has 1 aliphatic carbocycles. The Labute approximate surface area is 108 Å². The monoisotopic (exact) mass is 245 g/mol. The van der Waals surface area contributed by atoms with Crippen LogP contribution in [0.4, 0.5) is 0 Å². The van der Waals surface area contributed by atoms with Gasteiger partial charge in [-0.1, -0.05) is 25.1 Å². The molecule has 2 atom stereocenters. The van der Waals surface area contributed by atoms with Crippen LogP contribution < -0.4 is 5.32 Å². The Morgan fingerprint density at radius 2 is 2.22 bits per heavy atom. The first-order valence-corrected chi connectivity index (χ1v) is 6.47. The van der Waals surface area contributed by atoms with Crippen molar-refractivity contribution in [3.8, 4) is 0 Å². The van der Waals surface area contributed by atoms with Crippen molar-refractivity contribution in [1.29, 1.82) is 0 Å². The van der Waals surface area contributed by atoms with E-state index in [1.165, 1.54) is 0 Å². The van der Waals surface area contributed by atoms with Crippen molar-refractivity contribution in [3.05, 3.63) is 34.9 Å². The molecule has 0 bridgehead atoms. The van der Waals surface area contributed by atoms with Crippen LogP contribution in [-0.2, 0) is 4.79 Å². The zero-order valence-electron chi connectivity index (χ0n) is 11.1. The van der Waals surface area contributed by atoms with Gasteiger partial charge in [-0.2, -0.15) is 0 Å². The SMILES string of the molecule is CCC(C)NC(=O)C1CC(=O)c2cccc(C)c21. The highest BCUT2D eigenvalue weighted by atomic mass is 16.2. The normalized spacial score (nSPS) is 19.5. The Morgan fingerprint density at radius 3 is 2.89 bits per heavy atom. The predicted octanol–water partition coefficient (Wildman–Crippen LogP) is 2.58. The smallest absolute Gasteiger partial charge is 0.228 e. The van der Waals surface area contributed by atoms with Crippen LogP contribution in [-0.4, -0.2) is 17.7 Å². The Bertz CT molecular complexity index is 493. The summed E-state index contributed by atoms with van der Waals surface area (Å²) < 4.78 is 0. The van der Waals surface area contributed by atoms with Gasteiger partial charge in [-0.25, -0.2) is 0 Å². The molecular formula is C15H19NO2. The minimum Gasteiger partial charge on any atom is -0.353 e. The van der Waals surface area contributed by atoms with E-state index in [9.17, 15) is 9.59 Å². The van der Waals surface area contributed by atoms with E-state index in [0.29, 0.717) is 6.42 Å². The number of Topliss-reactive ketones (excluding diaryl/α,β-unsaturated/α-hetero) is 1. The van der Waals surface area contributed by atoms with Gasteiger partial charge >= 0.3 is 0 Å². The highest BCUT2D eigenvalue weighted by molar-refractivity contribution is 6.07. The van der Waals surface area contributed by atoms with Gasteiger partial charge in [-0.15, -0.1) is 0 Å². The second-order valence-corrected chi connectivity index (χ2v) is 5.03. The second kappa shape index (κ2) is 4.92. The maximum atomic E-state index is 12.2. The van der Waals surface area contributed by atoms with Crippen LogP contribution >= 0.6 is 0 Å². The lowest BCUT2D eigenvalue weighted by atomic mass is 9.95. The fraction of sp³-hybridized carbons (Fsp3) is 0.467. The van der Waals surface area contributed by atoms with E-state index >= 15 is 0 Å². The fourth-order valence-corrected chi connectivity index (χ4v) is 2.45. The number of rotatable bonds is 3. The van der Waals surface area contributed by atoms with E-state index in [1.54, 1.807) is 0 Å². The van der Waals surface area contributed by atoms with Crippen molar-refractivity contribution >= 4 is 11.7 Å². The summed E-state index contributed by atoms with van der Waals surface area (Å²) in [6.45, 7) is 5.97. The first kappa shape index (κ1) is 12.8. The molecule has 1 amide bonds. The van der Waals surface area contributed by atoms with Crippen LogP contribution in [0.15, 0.2) is 18.2 Å². The van der Waals surface area contributed by atoms with Gasteiger partial charge in [0.2, 0.25) is 5.91 Å². The number of fused-ring (bicyclic) bond motifs is 1. The molecule has 2 rings (SSSR count). The number of ketones is 1. The third kappa shape index (κ3) is 2.17. The van der Waals surface area contributed by atoms with E-state index in [2.05, 4.69) is 5.32 Å². The minimum atomic E-state index is -0.303. The van der Waals surface area contributed by atoms with Gasteiger partial charge in [-0.3, -0.25) is 9.59 Å². The summed E-state index contributed by atoms with van der Waals surface area (Å²) in [6, 6.07) is 5.81. The molecule has 2 unspecified atom stereocenters. The number of benzene rings is 1. The molecule has 0 heterocycles. The molecule has 0 radical (unpaired) electrons. The van der Waals surface area contributed by atoms with Crippen molar-refractivity contribution < 1.29 is 9.59 Å². The number of hydrogen-bond acceptors (Lipinski definition) is 2. The Balaban J connectivity index is 2.29. The van der Waals surface area contributed by atoms with E-state index in [-0.39, 0.29) is 23.7 Å². The Hall–Kier alpha value is -1.64. The van der Waals surface area contributed by atoms with Gasteiger partial charge < -0.3 is 5.32 Å². The Kier molecular flexibility index (Phi) is 3.50. The molecule has 1 aromatic rings. The first-order chi connectivity index (χ1) is 8.54. The van der Waals surface area contributed by atoms with Crippen LogP contribution in [0.5, 0.6) is 0 Å². The number of amides is 1. The van der Waals surface area contributed by atoms with Crippen molar-refractivity contribution in [2.75, 3.05) is 0 Å². The molecule has 96 valence electrons. The average molecular weight is 245 g/mol. The van der Waals surface area contributed by atoms with E-state index in [1.807, 2.05) is 39.0 Å². The number of carbonyl (C=O) groups is 2. The minimum absolute atomic E-state index is 0.0225. The molecular weight excluding hydrogens is 226 g/mol. The van der Waals surface area contributed by atoms with Gasteiger partial charge in [-0.05, 0) is 31.4 Å². The third-order valence-electron chi connectivity index (χ3n) is 3.68. The zero-order chi connectivity index (χ0) is 13.3. The maximum absolute atomic E-state index is 12.2. The highest BCUT2D eigenvalue weighted by Gasteiger charge is 2.35. The molecule has 3 heteroatoms. The molecule has 0 saturated carbocycles. The van der Waals surface area contributed by atoms with Crippen molar-refractivity contribution in [2.45, 2.75) is 45.6 Å². The Morgan fingerprint density at radius 1 is 1.50 bits per heavy atom. The van der Waals surface area contributed by atoms with E-state index < -0.39 is 0 Å². The summed E-state index contributed by atoms with van der Waals surface area (Å²) in [5, 5.41) is 2.97. The summed E-state index contributed by atoms with van der Waals surface area (Å²) in [5.41, 5.74) is 2.67. The van der Waals surface area contributed by atoms with Crippen molar-refractivity contribution in [1.82, 2.24) is 5.32 Å². The van der Waals surface area contributed by atoms with E-state index in [0.717, 1.165) is 23.1 Å². The second-order valence-electron chi connectivity index (χ2n) is 5.03. The molecule has 18 heavy (non-hydrogen) atoms. The van der Waals surface area contributed by atoms with Gasteiger partial charge in [0.05, 0.1) is 5.92 Å². The van der Waals surface area contributed by atoms with Crippen LogP contribution in [0.3, 0.4) is 0 Å². The molecule has 0 fully saturated rings. The number of hydrogen-bond donors (Lipinski definition) is 1. The topological polar surface area (TPSA) is 46.2 Å². The predicted molar refractivity (Wildman–Crippen MR) is 70.8 cm³/mol. The highest BCUT2D eigenvalue weighted by Crippen LogP contribution is 2.35. The largest absolute Gasteiger partial charge is 0.353 e. The van der Waals surface area contributed by atoms with Gasteiger partial charge in [0, 0.05) is 18.0 Å². The van der Waals surface area contributed by atoms with E-state index in [4.69, 9.17) is 0 Å². The summed E-state index contributed by atoms with van der Waals surface area (Å²) in [7, 11) is 0. The quantitative estimate of drug-likeness (QED) is 0.889.